The Balaban J connectivity index is 2.62. The Bertz CT molecular complexity index is 435. The van der Waals surface area contributed by atoms with Crippen molar-refractivity contribution >= 4 is 21.6 Å². The first-order valence-electron chi connectivity index (χ1n) is 4.56. The van der Waals surface area contributed by atoms with Crippen LogP contribution in [0.4, 0.5) is 18.9 Å². The van der Waals surface area contributed by atoms with Crippen LogP contribution in [-0.4, -0.2) is 24.9 Å². The summed E-state index contributed by atoms with van der Waals surface area (Å²) in [6.45, 7) is -0.470. The Kier molecular flexibility index (Phi) is 2.47. The van der Waals surface area contributed by atoms with E-state index in [0.29, 0.717) is 10.2 Å². The summed E-state index contributed by atoms with van der Waals surface area (Å²) in [5.74, 6) is 0. The molecule has 0 saturated heterocycles. The van der Waals surface area contributed by atoms with E-state index in [4.69, 9.17) is 0 Å². The number of hydrogen-bond acceptors (Lipinski definition) is 2. The van der Waals surface area contributed by atoms with Gasteiger partial charge in [-0.05, 0) is 18.2 Å². The van der Waals surface area contributed by atoms with Gasteiger partial charge in [0.15, 0.2) is 0 Å². The molecule has 16 heavy (non-hydrogen) atoms. The zero-order valence-corrected chi connectivity index (χ0v) is 9.93. The van der Waals surface area contributed by atoms with E-state index in [-0.39, 0.29) is 5.56 Å². The predicted octanol–water partition coefficient (Wildman–Crippen LogP) is 2.65. The maximum absolute atomic E-state index is 12.8. The van der Waals surface area contributed by atoms with Crippen molar-refractivity contribution < 1.29 is 18.3 Å². The number of benzene rings is 1. The van der Waals surface area contributed by atoms with Crippen LogP contribution >= 0.6 is 15.9 Å². The van der Waals surface area contributed by atoms with E-state index in [2.05, 4.69) is 15.9 Å². The third-order valence-electron chi connectivity index (χ3n) is 2.75. The number of alkyl halides is 3. The van der Waals surface area contributed by atoms with Crippen LogP contribution in [0.3, 0.4) is 0 Å². The number of rotatable bonds is 0. The summed E-state index contributed by atoms with van der Waals surface area (Å²) in [6.07, 6.45) is -4.67. The highest BCUT2D eigenvalue weighted by molar-refractivity contribution is 9.10. The number of nitrogens with zero attached hydrogens (tertiary/aromatic N) is 1. The molecular formula is C10H9BrF3NO. The average Bonchev–Trinajstić information content (AvgIpc) is 2.39. The molecule has 88 valence electrons. The Labute approximate surface area is 98.8 Å². The van der Waals surface area contributed by atoms with Crippen LogP contribution < -0.4 is 4.90 Å². The molecule has 0 spiro atoms. The minimum atomic E-state index is -4.67. The van der Waals surface area contributed by atoms with Crippen molar-refractivity contribution in [3.05, 3.63) is 28.2 Å². The summed E-state index contributed by atoms with van der Waals surface area (Å²) in [6, 6.07) is 4.52. The fourth-order valence-electron chi connectivity index (χ4n) is 1.93. The second kappa shape index (κ2) is 3.37. The standard InChI is InChI=1S/C10H9BrF3NO/c1-15-5-9(16,10(12,13)14)7-4-6(11)2-3-8(7)15/h2-4,16H,5H2,1H3/t9-/m0/s1. The number of aliphatic hydroxyl groups is 1. The van der Waals surface area contributed by atoms with Gasteiger partial charge in [0.25, 0.3) is 0 Å². The molecule has 2 rings (SSSR count). The molecule has 0 fully saturated rings. The minimum absolute atomic E-state index is 0.100. The molecule has 1 N–H and O–H groups in total. The fourth-order valence-corrected chi connectivity index (χ4v) is 2.29. The highest BCUT2D eigenvalue weighted by Crippen LogP contribution is 2.48. The van der Waals surface area contributed by atoms with E-state index < -0.39 is 18.3 Å². The lowest BCUT2D eigenvalue weighted by Gasteiger charge is -2.26. The quantitative estimate of drug-likeness (QED) is 0.795. The lowest BCUT2D eigenvalue weighted by atomic mass is 9.96. The molecular weight excluding hydrogens is 287 g/mol. The zero-order valence-electron chi connectivity index (χ0n) is 8.35. The van der Waals surface area contributed by atoms with Crippen LogP contribution in [0.15, 0.2) is 22.7 Å². The van der Waals surface area contributed by atoms with Crippen LogP contribution in [0, 0.1) is 0 Å². The first kappa shape index (κ1) is 11.7. The van der Waals surface area contributed by atoms with E-state index in [1.54, 1.807) is 12.1 Å². The van der Waals surface area contributed by atoms with E-state index >= 15 is 0 Å². The molecule has 1 aliphatic rings. The van der Waals surface area contributed by atoms with Crippen molar-refractivity contribution in [3.8, 4) is 0 Å². The van der Waals surface area contributed by atoms with Gasteiger partial charge in [-0.1, -0.05) is 15.9 Å². The molecule has 1 aliphatic heterocycles. The smallest absolute Gasteiger partial charge is 0.375 e. The maximum atomic E-state index is 12.8. The number of β-amino-alcohol motifs (C(OH)–C–C–N with tert-alkyl or cyclic N) is 1. The summed E-state index contributed by atoms with van der Waals surface area (Å²) in [7, 11) is 1.52. The summed E-state index contributed by atoms with van der Waals surface area (Å²) in [5, 5.41) is 9.79. The third-order valence-corrected chi connectivity index (χ3v) is 3.24. The molecule has 2 nitrogen and oxygen atoms in total. The van der Waals surface area contributed by atoms with Gasteiger partial charge < -0.3 is 10.0 Å². The van der Waals surface area contributed by atoms with Crippen molar-refractivity contribution in [2.45, 2.75) is 11.8 Å². The predicted molar refractivity (Wildman–Crippen MR) is 57.4 cm³/mol. The van der Waals surface area contributed by atoms with E-state index in [9.17, 15) is 18.3 Å². The summed E-state index contributed by atoms with van der Waals surface area (Å²) < 4.78 is 39.0. The molecule has 0 amide bonds. The number of halogens is 4. The van der Waals surface area contributed by atoms with Gasteiger partial charge >= 0.3 is 6.18 Å². The van der Waals surface area contributed by atoms with Gasteiger partial charge in [0.05, 0.1) is 6.54 Å². The third kappa shape index (κ3) is 1.51. The van der Waals surface area contributed by atoms with Crippen LogP contribution in [0.5, 0.6) is 0 Å². The van der Waals surface area contributed by atoms with Gasteiger partial charge in [0, 0.05) is 22.8 Å². The topological polar surface area (TPSA) is 23.5 Å². The van der Waals surface area contributed by atoms with Gasteiger partial charge in [0.2, 0.25) is 5.60 Å². The number of hydrogen-bond donors (Lipinski definition) is 1. The Morgan fingerprint density at radius 2 is 2.06 bits per heavy atom. The van der Waals surface area contributed by atoms with Gasteiger partial charge in [-0.2, -0.15) is 13.2 Å². The Morgan fingerprint density at radius 3 is 2.62 bits per heavy atom. The largest absolute Gasteiger partial charge is 0.423 e. The van der Waals surface area contributed by atoms with Crippen molar-refractivity contribution in [1.82, 2.24) is 0 Å². The summed E-state index contributed by atoms with van der Waals surface area (Å²) in [4.78, 5) is 1.40. The van der Waals surface area contributed by atoms with Crippen LogP contribution in [0.1, 0.15) is 5.56 Å². The van der Waals surface area contributed by atoms with Crippen molar-refractivity contribution in [2.75, 3.05) is 18.5 Å². The van der Waals surface area contributed by atoms with Crippen LogP contribution in [-0.2, 0) is 5.60 Å². The Morgan fingerprint density at radius 1 is 1.44 bits per heavy atom. The summed E-state index contributed by atoms with van der Waals surface area (Å²) >= 11 is 3.11. The fraction of sp³-hybridized carbons (Fsp3) is 0.400. The lowest BCUT2D eigenvalue weighted by Crippen LogP contribution is -2.45. The molecule has 0 radical (unpaired) electrons. The molecule has 6 heteroatoms. The first-order valence-corrected chi connectivity index (χ1v) is 5.35. The van der Waals surface area contributed by atoms with Gasteiger partial charge in [-0.15, -0.1) is 0 Å². The molecule has 0 bridgehead atoms. The molecule has 1 atom stereocenters. The second-order valence-electron chi connectivity index (χ2n) is 3.88. The van der Waals surface area contributed by atoms with E-state index in [0.717, 1.165) is 0 Å². The van der Waals surface area contributed by atoms with Gasteiger partial charge in [-0.3, -0.25) is 0 Å². The van der Waals surface area contributed by atoms with Crippen LogP contribution in [0.25, 0.3) is 0 Å². The first-order chi connectivity index (χ1) is 7.25. The molecule has 1 aromatic rings. The van der Waals surface area contributed by atoms with Crippen LogP contribution in [0.2, 0.25) is 0 Å². The highest BCUT2D eigenvalue weighted by atomic mass is 79.9. The maximum Gasteiger partial charge on any atom is 0.423 e. The average molecular weight is 296 g/mol. The molecule has 0 aliphatic carbocycles. The normalized spacial score (nSPS) is 24.8. The molecule has 1 heterocycles. The SMILES string of the molecule is CN1C[C@@](O)(C(F)(F)F)c2cc(Br)ccc21. The summed E-state index contributed by atoms with van der Waals surface area (Å²) in [5.41, 5.74) is -2.47. The second-order valence-corrected chi connectivity index (χ2v) is 4.79. The zero-order chi connectivity index (χ0) is 12.1. The van der Waals surface area contributed by atoms with Gasteiger partial charge in [-0.25, -0.2) is 0 Å². The highest BCUT2D eigenvalue weighted by Gasteiger charge is 2.59. The van der Waals surface area contributed by atoms with Crippen molar-refractivity contribution in [1.29, 1.82) is 0 Å². The van der Waals surface area contributed by atoms with E-state index in [1.807, 2.05) is 0 Å². The molecule has 0 aromatic heterocycles. The van der Waals surface area contributed by atoms with Crippen molar-refractivity contribution in [2.24, 2.45) is 0 Å². The number of anilines is 1. The van der Waals surface area contributed by atoms with Gasteiger partial charge in [0.1, 0.15) is 0 Å². The number of fused-ring (bicyclic) bond motifs is 1. The van der Waals surface area contributed by atoms with Crippen molar-refractivity contribution in [3.63, 3.8) is 0 Å². The minimum Gasteiger partial charge on any atom is -0.375 e. The van der Waals surface area contributed by atoms with E-state index in [1.165, 1.54) is 18.0 Å². The lowest BCUT2D eigenvalue weighted by molar-refractivity contribution is -0.259. The number of likely N-dealkylation sites (N-methyl/N-ethyl adjacent to an activating group) is 1. The monoisotopic (exact) mass is 295 g/mol. The molecule has 1 aromatic carbocycles. The molecule has 0 saturated carbocycles. The Hall–Kier alpha value is -0.750. The molecule has 0 unspecified atom stereocenters.